The number of hydrogen-bond acceptors (Lipinski definition) is 6. The highest BCUT2D eigenvalue weighted by Crippen LogP contribution is 2.37. The van der Waals surface area contributed by atoms with Gasteiger partial charge in [-0.15, -0.1) is 4.52 Å². The summed E-state index contributed by atoms with van der Waals surface area (Å²) in [6, 6.07) is 14.5. The summed E-state index contributed by atoms with van der Waals surface area (Å²) < 4.78 is 33.0. The lowest BCUT2D eigenvalue weighted by atomic mass is 10.2. The van der Waals surface area contributed by atoms with Crippen molar-refractivity contribution < 1.29 is 28.1 Å². The molecular weight excluding hydrogens is 343 g/mol. The van der Waals surface area contributed by atoms with Crippen LogP contribution in [0.3, 0.4) is 0 Å². The first-order chi connectivity index (χ1) is 12.2. The van der Waals surface area contributed by atoms with Gasteiger partial charge in [0.1, 0.15) is 18.1 Å². The number of benzene rings is 2. The van der Waals surface area contributed by atoms with E-state index in [1.54, 1.807) is 18.2 Å². The van der Waals surface area contributed by atoms with Gasteiger partial charge in [0, 0.05) is 0 Å². The number of ether oxygens (including phenoxy) is 3. The van der Waals surface area contributed by atoms with E-state index in [0.717, 1.165) is 5.56 Å². The van der Waals surface area contributed by atoms with E-state index in [1.165, 1.54) is 14.2 Å². The van der Waals surface area contributed by atoms with Gasteiger partial charge < -0.3 is 14.2 Å². The lowest BCUT2D eigenvalue weighted by Crippen LogP contribution is -2.05. The zero-order valence-corrected chi connectivity index (χ0v) is 15.0. The number of methoxy groups -OCH3 is 2. The van der Waals surface area contributed by atoms with Crippen molar-refractivity contribution in [3.05, 3.63) is 59.7 Å². The fourth-order valence-electron chi connectivity index (χ4n) is 2.16. The summed E-state index contributed by atoms with van der Waals surface area (Å²) in [5.74, 6) is 0.577. The Balaban J connectivity index is 1.86. The highest BCUT2D eigenvalue weighted by atomic mass is 31.1. The first kappa shape index (κ1) is 19.1. The predicted molar refractivity (Wildman–Crippen MR) is 93.5 cm³/mol. The molecule has 6 nitrogen and oxygen atoms in total. The molecule has 2 aromatic carbocycles. The van der Waals surface area contributed by atoms with Crippen LogP contribution in [0.15, 0.2) is 48.5 Å². The Morgan fingerprint density at radius 3 is 2.16 bits per heavy atom. The fourth-order valence-corrected chi connectivity index (χ4v) is 2.92. The van der Waals surface area contributed by atoms with Crippen molar-refractivity contribution in [3.8, 4) is 11.5 Å². The molecule has 0 N–H and O–H groups in total. The number of hydrogen-bond donors (Lipinski definition) is 0. The van der Waals surface area contributed by atoms with Gasteiger partial charge >= 0.3 is 13.6 Å². The molecule has 0 radical (unpaired) electrons. The van der Waals surface area contributed by atoms with Gasteiger partial charge in [-0.05, 0) is 22.3 Å². The Labute approximate surface area is 147 Å². The molecule has 2 rings (SSSR count). The summed E-state index contributed by atoms with van der Waals surface area (Å²) >= 11 is 0. The second-order valence-corrected chi connectivity index (χ2v) is 6.15. The van der Waals surface area contributed by atoms with Crippen LogP contribution in [-0.2, 0) is 20.4 Å². The first-order valence-electron chi connectivity index (χ1n) is 7.64. The Hall–Kier alpha value is -2.27. The molecule has 1 unspecified atom stereocenters. The van der Waals surface area contributed by atoms with Crippen LogP contribution >= 0.6 is 8.03 Å². The third-order valence-electron chi connectivity index (χ3n) is 3.36. The quantitative estimate of drug-likeness (QED) is 0.472. The second kappa shape index (κ2) is 9.89. The van der Waals surface area contributed by atoms with E-state index in [1.807, 2.05) is 30.3 Å². The van der Waals surface area contributed by atoms with E-state index in [4.69, 9.17) is 18.7 Å². The highest BCUT2D eigenvalue weighted by molar-refractivity contribution is 7.60. The van der Waals surface area contributed by atoms with E-state index in [-0.39, 0.29) is 30.3 Å². The third kappa shape index (κ3) is 5.36. The molecule has 0 fully saturated rings. The zero-order valence-electron chi connectivity index (χ0n) is 14.1. The Morgan fingerprint density at radius 2 is 1.56 bits per heavy atom. The van der Waals surface area contributed by atoms with Crippen LogP contribution in [0.25, 0.3) is 0 Å². The van der Waals surface area contributed by atoms with Crippen LogP contribution in [0.2, 0.25) is 0 Å². The molecule has 1 atom stereocenters. The molecule has 7 heteroatoms. The van der Waals surface area contributed by atoms with Gasteiger partial charge in [-0.25, -0.2) is 4.79 Å². The summed E-state index contributed by atoms with van der Waals surface area (Å²) in [6.07, 6.45) is 0. The molecule has 2 aromatic rings. The molecule has 25 heavy (non-hydrogen) atoms. The van der Waals surface area contributed by atoms with Crippen LogP contribution in [-0.4, -0.2) is 33.0 Å². The maximum absolute atomic E-state index is 12.4. The molecule has 0 aliphatic carbocycles. The molecule has 0 saturated heterocycles. The van der Waals surface area contributed by atoms with Crippen molar-refractivity contribution in [2.24, 2.45) is 0 Å². The van der Waals surface area contributed by atoms with E-state index in [2.05, 4.69) is 0 Å². The molecule has 0 aliphatic rings. The largest absolute Gasteiger partial charge is 0.593 e. The molecule has 0 aliphatic heterocycles. The van der Waals surface area contributed by atoms with Gasteiger partial charge in [-0.3, -0.25) is 0 Å². The standard InChI is InChI=1S/C18H20O6P/c1-21-15-9-6-10-16(22-2)17(15)18(19)25(20)24-12-11-23-13-14-7-4-3-5-8-14/h3-10H,11-13H2,1-2H3/q+1. The summed E-state index contributed by atoms with van der Waals surface area (Å²) in [7, 11) is 0.293. The predicted octanol–water partition coefficient (Wildman–Crippen LogP) is 3.82. The molecule has 0 heterocycles. The summed E-state index contributed by atoms with van der Waals surface area (Å²) in [4.78, 5) is 12.4. The van der Waals surface area contributed by atoms with E-state index >= 15 is 0 Å². The van der Waals surface area contributed by atoms with Gasteiger partial charge in [0.25, 0.3) is 0 Å². The second-order valence-electron chi connectivity index (χ2n) is 4.97. The van der Waals surface area contributed by atoms with E-state index in [0.29, 0.717) is 6.61 Å². The van der Waals surface area contributed by atoms with Crippen molar-refractivity contribution in [2.75, 3.05) is 27.4 Å². The minimum absolute atomic E-state index is 0.0469. The van der Waals surface area contributed by atoms with Gasteiger partial charge in [-0.1, -0.05) is 36.4 Å². The molecular formula is C18H20O6P+. The van der Waals surface area contributed by atoms with Crippen molar-refractivity contribution in [1.82, 2.24) is 0 Å². The molecule has 0 spiro atoms. The van der Waals surface area contributed by atoms with E-state index in [9.17, 15) is 9.36 Å². The topological polar surface area (TPSA) is 71.1 Å². The first-order valence-corrected chi connectivity index (χ1v) is 8.82. The van der Waals surface area contributed by atoms with Crippen LogP contribution in [0.4, 0.5) is 0 Å². The Morgan fingerprint density at radius 1 is 0.920 bits per heavy atom. The van der Waals surface area contributed by atoms with Gasteiger partial charge in [-0.2, -0.15) is 0 Å². The van der Waals surface area contributed by atoms with Crippen LogP contribution in [0.1, 0.15) is 15.9 Å². The SMILES string of the molecule is COc1cccc(OC)c1C(=O)[P+](=O)OCCOCc1ccccc1. The third-order valence-corrected chi connectivity index (χ3v) is 4.33. The Bertz CT molecular complexity index is 695. The van der Waals surface area contributed by atoms with Crippen molar-refractivity contribution >= 4 is 13.6 Å². The van der Waals surface area contributed by atoms with E-state index < -0.39 is 13.6 Å². The zero-order chi connectivity index (χ0) is 18.1. The minimum atomic E-state index is -2.56. The van der Waals surface area contributed by atoms with Gasteiger partial charge in [0.15, 0.2) is 5.56 Å². The lowest BCUT2D eigenvalue weighted by Gasteiger charge is -2.07. The lowest BCUT2D eigenvalue weighted by molar-refractivity contribution is 0.0882. The maximum Gasteiger partial charge on any atom is 0.593 e. The van der Waals surface area contributed by atoms with Crippen molar-refractivity contribution in [1.29, 1.82) is 0 Å². The summed E-state index contributed by atoms with van der Waals surface area (Å²) in [5, 5.41) is 0. The normalized spacial score (nSPS) is 11.0. The van der Waals surface area contributed by atoms with Gasteiger partial charge in [0.05, 0.1) is 27.4 Å². The maximum atomic E-state index is 12.4. The molecule has 0 saturated carbocycles. The molecule has 132 valence electrons. The average molecular weight is 363 g/mol. The highest BCUT2D eigenvalue weighted by Gasteiger charge is 2.37. The monoisotopic (exact) mass is 363 g/mol. The fraction of sp³-hybridized carbons (Fsp3) is 0.278. The average Bonchev–Trinajstić information content (AvgIpc) is 2.67. The minimum Gasteiger partial charge on any atom is -0.496 e. The summed E-state index contributed by atoms with van der Waals surface area (Å²) in [6.45, 7) is 0.701. The van der Waals surface area contributed by atoms with Crippen molar-refractivity contribution in [2.45, 2.75) is 6.61 Å². The van der Waals surface area contributed by atoms with Crippen molar-refractivity contribution in [3.63, 3.8) is 0 Å². The number of rotatable bonds is 10. The van der Waals surface area contributed by atoms with Crippen LogP contribution in [0.5, 0.6) is 11.5 Å². The van der Waals surface area contributed by atoms with Crippen LogP contribution in [0, 0.1) is 0 Å². The van der Waals surface area contributed by atoms with Gasteiger partial charge in [0.2, 0.25) is 0 Å². The molecule has 0 bridgehead atoms. The summed E-state index contributed by atoms with van der Waals surface area (Å²) in [5.41, 5.74) is 0.466. The van der Waals surface area contributed by atoms with Crippen LogP contribution < -0.4 is 9.47 Å². The Kier molecular flexibility index (Phi) is 7.54. The molecule has 0 amide bonds. The smallest absolute Gasteiger partial charge is 0.496 e. The number of carbonyl (C=O) groups is 1. The molecule has 0 aromatic heterocycles. The number of carbonyl (C=O) groups excluding carboxylic acids is 1.